The number of hydrogen-bond donors (Lipinski definition) is 2. The number of nitrogens with one attached hydrogen (secondary N) is 1. The highest BCUT2D eigenvalue weighted by atomic mass is 32.2. The van der Waals surface area contributed by atoms with Crippen molar-refractivity contribution in [1.82, 2.24) is 14.9 Å². The van der Waals surface area contributed by atoms with Crippen molar-refractivity contribution in [2.75, 3.05) is 6.54 Å². The summed E-state index contributed by atoms with van der Waals surface area (Å²) >= 11 is 0. The van der Waals surface area contributed by atoms with Crippen LogP contribution in [-0.2, 0) is 16.4 Å². The summed E-state index contributed by atoms with van der Waals surface area (Å²) in [4.78, 5) is 3.93. The summed E-state index contributed by atoms with van der Waals surface area (Å²) < 4.78 is 31.6. The van der Waals surface area contributed by atoms with Gasteiger partial charge in [-0.25, -0.2) is 13.1 Å². The second-order valence-electron chi connectivity index (χ2n) is 4.48. The lowest BCUT2D eigenvalue weighted by atomic mass is 10.1. The Morgan fingerprint density at radius 2 is 2.24 bits per heavy atom. The van der Waals surface area contributed by atoms with Gasteiger partial charge in [0, 0.05) is 13.0 Å². The van der Waals surface area contributed by atoms with Gasteiger partial charge in [0.15, 0.2) is 6.33 Å². The maximum Gasteiger partial charge on any atom is 0.240 e. The number of aromatic nitrogens is 2. The largest absolute Gasteiger partial charge is 0.388 e. The quantitative estimate of drug-likeness (QED) is 0.791. The third-order valence-electron chi connectivity index (χ3n) is 2.98. The van der Waals surface area contributed by atoms with Crippen LogP contribution in [0.1, 0.15) is 30.9 Å². The van der Waals surface area contributed by atoms with Crippen LogP contribution in [0.4, 0.5) is 0 Å². The third-order valence-corrected chi connectivity index (χ3v) is 4.44. The first kappa shape index (κ1) is 15.6. The van der Waals surface area contributed by atoms with Crippen molar-refractivity contribution >= 4 is 10.0 Å². The fourth-order valence-electron chi connectivity index (χ4n) is 1.81. The lowest BCUT2D eigenvalue weighted by molar-refractivity contribution is 0.173. The smallest absolute Gasteiger partial charge is 0.240 e. The average Bonchev–Trinajstić information content (AvgIpc) is 2.99. The van der Waals surface area contributed by atoms with Crippen LogP contribution in [-0.4, -0.2) is 30.2 Å². The van der Waals surface area contributed by atoms with E-state index in [2.05, 4.69) is 14.9 Å². The minimum atomic E-state index is -3.63. The van der Waals surface area contributed by atoms with Crippen molar-refractivity contribution in [3.05, 3.63) is 42.0 Å². The molecule has 2 aromatic rings. The normalized spacial score (nSPS) is 13.2. The fourth-order valence-corrected chi connectivity index (χ4v) is 2.89. The van der Waals surface area contributed by atoms with Crippen molar-refractivity contribution in [2.24, 2.45) is 0 Å². The molecule has 0 aliphatic heterocycles. The van der Waals surface area contributed by atoms with Gasteiger partial charge in [0.2, 0.25) is 15.9 Å². The van der Waals surface area contributed by atoms with E-state index in [0.29, 0.717) is 24.3 Å². The summed E-state index contributed by atoms with van der Waals surface area (Å²) in [5.41, 5.74) is 0.581. The molecule has 1 atom stereocenters. The Labute approximate surface area is 123 Å². The summed E-state index contributed by atoms with van der Waals surface area (Å²) in [7, 11) is -3.63. The molecule has 8 heteroatoms. The van der Waals surface area contributed by atoms with Crippen LogP contribution >= 0.6 is 0 Å². The van der Waals surface area contributed by atoms with E-state index in [9.17, 15) is 13.5 Å². The van der Waals surface area contributed by atoms with E-state index in [1.807, 2.05) is 6.92 Å². The van der Waals surface area contributed by atoms with Crippen LogP contribution < -0.4 is 4.72 Å². The molecule has 1 heterocycles. The highest BCUT2D eigenvalue weighted by Crippen LogP contribution is 2.19. The van der Waals surface area contributed by atoms with Crippen LogP contribution in [0.3, 0.4) is 0 Å². The van der Waals surface area contributed by atoms with Gasteiger partial charge in [0.1, 0.15) is 0 Å². The molecular formula is C13H17N3O4S. The molecule has 1 aromatic carbocycles. The van der Waals surface area contributed by atoms with Crippen molar-refractivity contribution < 1.29 is 18.0 Å². The van der Waals surface area contributed by atoms with Crippen LogP contribution in [0, 0.1) is 0 Å². The minimum Gasteiger partial charge on any atom is -0.388 e. The van der Waals surface area contributed by atoms with Gasteiger partial charge in [-0.15, -0.1) is 0 Å². The highest BCUT2D eigenvalue weighted by molar-refractivity contribution is 7.89. The van der Waals surface area contributed by atoms with Gasteiger partial charge < -0.3 is 9.63 Å². The molecular weight excluding hydrogens is 294 g/mol. The topological polar surface area (TPSA) is 105 Å². The first-order valence-corrected chi connectivity index (χ1v) is 8.04. The Bertz CT molecular complexity index is 670. The first-order valence-electron chi connectivity index (χ1n) is 6.56. The highest BCUT2D eigenvalue weighted by Gasteiger charge is 2.16. The van der Waals surface area contributed by atoms with E-state index < -0.39 is 16.1 Å². The number of benzene rings is 1. The van der Waals surface area contributed by atoms with Crippen molar-refractivity contribution in [3.8, 4) is 0 Å². The molecule has 0 saturated heterocycles. The SMILES string of the molecule is CCC(O)c1cccc(S(=O)(=O)NCCc2ncno2)c1. The van der Waals surface area contributed by atoms with Crippen LogP contribution in [0.2, 0.25) is 0 Å². The molecule has 0 amide bonds. The van der Waals surface area contributed by atoms with Crippen LogP contribution in [0.25, 0.3) is 0 Å². The molecule has 0 spiro atoms. The fraction of sp³-hybridized carbons (Fsp3) is 0.385. The lowest BCUT2D eigenvalue weighted by Gasteiger charge is -2.11. The van der Waals surface area contributed by atoms with Crippen LogP contribution in [0.15, 0.2) is 40.0 Å². The number of sulfonamides is 1. The van der Waals surface area contributed by atoms with Gasteiger partial charge in [-0.05, 0) is 24.1 Å². The molecule has 1 aromatic heterocycles. The average molecular weight is 311 g/mol. The predicted molar refractivity (Wildman–Crippen MR) is 74.9 cm³/mol. The monoisotopic (exact) mass is 311 g/mol. The molecule has 0 saturated carbocycles. The van der Waals surface area contributed by atoms with E-state index in [4.69, 9.17) is 4.52 Å². The van der Waals surface area contributed by atoms with E-state index in [1.54, 1.807) is 12.1 Å². The number of aliphatic hydroxyl groups excluding tert-OH is 1. The molecule has 7 nitrogen and oxygen atoms in total. The van der Waals surface area contributed by atoms with Gasteiger partial charge in [-0.1, -0.05) is 24.2 Å². The third kappa shape index (κ3) is 4.10. The molecule has 0 fully saturated rings. The second kappa shape index (κ2) is 6.79. The van der Waals surface area contributed by atoms with Crippen molar-refractivity contribution in [2.45, 2.75) is 30.8 Å². The summed E-state index contributed by atoms with van der Waals surface area (Å²) in [6, 6.07) is 6.27. The summed E-state index contributed by atoms with van der Waals surface area (Å²) in [5, 5.41) is 13.2. The maximum absolute atomic E-state index is 12.2. The predicted octanol–water partition coefficient (Wildman–Crippen LogP) is 1.03. The number of hydrogen-bond acceptors (Lipinski definition) is 6. The molecule has 21 heavy (non-hydrogen) atoms. The van der Waals surface area contributed by atoms with Gasteiger partial charge in [-0.3, -0.25) is 0 Å². The summed E-state index contributed by atoms with van der Waals surface area (Å²) in [5.74, 6) is 0.368. The van der Waals surface area contributed by atoms with Gasteiger partial charge >= 0.3 is 0 Å². The molecule has 0 bridgehead atoms. The molecule has 1 unspecified atom stereocenters. The first-order chi connectivity index (χ1) is 10.0. The Morgan fingerprint density at radius 1 is 1.43 bits per heavy atom. The Balaban J connectivity index is 2.05. The Kier molecular flexibility index (Phi) is 5.05. The Morgan fingerprint density at radius 3 is 2.90 bits per heavy atom. The van der Waals surface area contributed by atoms with E-state index in [0.717, 1.165) is 0 Å². The molecule has 0 aliphatic carbocycles. The van der Waals surface area contributed by atoms with E-state index >= 15 is 0 Å². The van der Waals surface area contributed by atoms with Gasteiger partial charge in [-0.2, -0.15) is 4.98 Å². The number of rotatable bonds is 7. The molecule has 2 N–H and O–H groups in total. The van der Waals surface area contributed by atoms with Gasteiger partial charge in [0.25, 0.3) is 0 Å². The summed E-state index contributed by atoms with van der Waals surface area (Å²) in [6.45, 7) is 1.99. The molecule has 0 radical (unpaired) electrons. The number of aliphatic hydroxyl groups is 1. The zero-order chi connectivity index (χ0) is 15.3. The van der Waals surface area contributed by atoms with Crippen molar-refractivity contribution in [3.63, 3.8) is 0 Å². The zero-order valence-electron chi connectivity index (χ0n) is 11.6. The van der Waals surface area contributed by atoms with Crippen molar-refractivity contribution in [1.29, 1.82) is 0 Å². The van der Waals surface area contributed by atoms with Gasteiger partial charge in [0.05, 0.1) is 11.0 Å². The lowest BCUT2D eigenvalue weighted by Crippen LogP contribution is -2.26. The molecule has 0 aliphatic rings. The maximum atomic E-state index is 12.2. The van der Waals surface area contributed by atoms with Crippen LogP contribution in [0.5, 0.6) is 0 Å². The number of nitrogens with zero attached hydrogens (tertiary/aromatic N) is 2. The van der Waals surface area contributed by atoms with E-state index in [1.165, 1.54) is 18.5 Å². The standard InChI is InChI=1S/C13H17N3O4S/c1-2-12(17)10-4-3-5-11(8-10)21(18,19)16-7-6-13-14-9-15-20-13/h3-5,8-9,12,16-17H,2,6-7H2,1H3. The summed E-state index contributed by atoms with van der Waals surface area (Å²) in [6.07, 6.45) is 1.43. The molecule has 2 rings (SSSR count). The van der Waals surface area contributed by atoms with E-state index in [-0.39, 0.29) is 11.4 Å². The second-order valence-corrected chi connectivity index (χ2v) is 6.25. The zero-order valence-corrected chi connectivity index (χ0v) is 12.4. The molecule has 114 valence electrons. The minimum absolute atomic E-state index is 0.123. The Hall–Kier alpha value is -1.77.